The highest BCUT2D eigenvalue weighted by molar-refractivity contribution is 7.09. The summed E-state index contributed by atoms with van der Waals surface area (Å²) < 4.78 is 7.02. The number of methoxy groups -OCH3 is 1. The second-order valence-electron chi connectivity index (χ2n) is 3.82. The van der Waals surface area contributed by atoms with E-state index in [0.717, 1.165) is 16.3 Å². The molecule has 1 heterocycles. The molecule has 0 atom stereocenters. The number of hydrogen-bond donors (Lipinski definition) is 0. The fourth-order valence-electron chi connectivity index (χ4n) is 1.60. The second kappa shape index (κ2) is 5.18. The van der Waals surface area contributed by atoms with Gasteiger partial charge in [-0.1, -0.05) is 0 Å². The number of benzene rings is 1. The summed E-state index contributed by atoms with van der Waals surface area (Å²) in [7, 11) is 1.63. The van der Waals surface area contributed by atoms with E-state index in [-0.39, 0.29) is 5.91 Å². The molecule has 0 N–H and O–H groups in total. The van der Waals surface area contributed by atoms with E-state index in [1.165, 1.54) is 18.3 Å². The minimum atomic E-state index is -0.195. The largest absolute Gasteiger partial charge is 0.497 e. The van der Waals surface area contributed by atoms with Gasteiger partial charge in [0.15, 0.2) is 4.80 Å². The zero-order chi connectivity index (χ0) is 13.1. The quantitative estimate of drug-likeness (QED) is 0.833. The first-order valence-corrected chi connectivity index (χ1v) is 6.30. The van der Waals surface area contributed by atoms with Crippen LogP contribution in [0.1, 0.15) is 11.8 Å². The number of hydrogen-bond acceptors (Lipinski definition) is 3. The summed E-state index contributed by atoms with van der Waals surface area (Å²) in [4.78, 5) is 16.9. The van der Waals surface area contributed by atoms with Crippen LogP contribution in [0.4, 0.5) is 0 Å². The van der Waals surface area contributed by atoms with Crippen LogP contribution in [0.3, 0.4) is 0 Å². The van der Waals surface area contributed by atoms with E-state index < -0.39 is 0 Å². The number of ether oxygens (including phenoxy) is 1. The number of amides is 1. The Morgan fingerprint density at radius 1 is 1.33 bits per heavy atom. The molecule has 2 rings (SSSR count). The molecule has 2 aromatic rings. The van der Waals surface area contributed by atoms with Gasteiger partial charge in [-0.25, -0.2) is 0 Å². The lowest BCUT2D eigenvalue weighted by atomic mass is 10.3. The van der Waals surface area contributed by atoms with Gasteiger partial charge in [0, 0.05) is 23.7 Å². The van der Waals surface area contributed by atoms with E-state index in [4.69, 9.17) is 4.74 Å². The van der Waals surface area contributed by atoms with Crippen molar-refractivity contribution in [3.05, 3.63) is 40.1 Å². The van der Waals surface area contributed by atoms with Crippen LogP contribution in [0.25, 0.3) is 5.69 Å². The van der Waals surface area contributed by atoms with Crippen LogP contribution in [-0.2, 0) is 4.79 Å². The third kappa shape index (κ3) is 2.68. The minimum absolute atomic E-state index is 0.195. The predicted octanol–water partition coefficient (Wildman–Crippen LogP) is 2.30. The summed E-state index contributed by atoms with van der Waals surface area (Å²) in [6, 6.07) is 7.63. The van der Waals surface area contributed by atoms with Crippen LogP contribution in [0.2, 0.25) is 0 Å². The van der Waals surface area contributed by atoms with Gasteiger partial charge in [-0.3, -0.25) is 9.36 Å². The first-order valence-electron chi connectivity index (χ1n) is 5.49. The maximum absolute atomic E-state index is 11.1. The Morgan fingerprint density at radius 3 is 2.56 bits per heavy atom. The van der Waals surface area contributed by atoms with Crippen molar-refractivity contribution in [3.8, 4) is 11.4 Å². The first kappa shape index (κ1) is 12.6. The maximum atomic E-state index is 11.1. The van der Waals surface area contributed by atoms with Crippen LogP contribution in [0.15, 0.2) is 35.5 Å². The number of carbonyl (C=O) groups is 1. The van der Waals surface area contributed by atoms with E-state index in [1.807, 2.05) is 42.0 Å². The van der Waals surface area contributed by atoms with Crippen LogP contribution in [0, 0.1) is 6.92 Å². The monoisotopic (exact) mass is 262 g/mol. The van der Waals surface area contributed by atoms with Gasteiger partial charge in [0.05, 0.1) is 7.11 Å². The highest BCUT2D eigenvalue weighted by atomic mass is 32.1. The Balaban J connectivity index is 2.52. The van der Waals surface area contributed by atoms with Crippen LogP contribution in [-0.4, -0.2) is 17.6 Å². The van der Waals surface area contributed by atoms with Crippen LogP contribution >= 0.6 is 11.3 Å². The minimum Gasteiger partial charge on any atom is -0.497 e. The van der Waals surface area contributed by atoms with Crippen LogP contribution < -0.4 is 9.54 Å². The molecule has 94 valence electrons. The number of rotatable bonds is 2. The second-order valence-corrected chi connectivity index (χ2v) is 5.04. The molecule has 0 saturated heterocycles. The molecule has 4 nitrogen and oxygen atoms in total. The smallest absolute Gasteiger partial charge is 0.245 e. The Kier molecular flexibility index (Phi) is 3.62. The molecule has 5 heteroatoms. The van der Waals surface area contributed by atoms with Gasteiger partial charge in [0.25, 0.3) is 0 Å². The highest BCUT2D eigenvalue weighted by Crippen LogP contribution is 2.15. The summed E-state index contributed by atoms with van der Waals surface area (Å²) >= 11 is 1.49. The molecule has 0 aliphatic carbocycles. The third-order valence-corrected chi connectivity index (χ3v) is 3.27. The lowest BCUT2D eigenvalue weighted by molar-refractivity contribution is -0.116. The van der Waals surface area contributed by atoms with Crippen molar-refractivity contribution in [2.75, 3.05) is 7.11 Å². The number of aromatic nitrogens is 1. The molecule has 0 aliphatic rings. The SMILES string of the molecule is COc1ccc(-n2cc(C)s/c2=N\C(C)=O)cc1. The molecule has 18 heavy (non-hydrogen) atoms. The summed E-state index contributed by atoms with van der Waals surface area (Å²) in [5, 5.41) is 0. The van der Waals surface area contributed by atoms with Crippen molar-refractivity contribution in [2.45, 2.75) is 13.8 Å². The van der Waals surface area contributed by atoms with Crippen molar-refractivity contribution < 1.29 is 9.53 Å². The van der Waals surface area contributed by atoms with Crippen molar-refractivity contribution >= 4 is 17.2 Å². The molecule has 0 unspecified atom stereocenters. The fourth-order valence-corrected chi connectivity index (χ4v) is 2.47. The first-order chi connectivity index (χ1) is 8.60. The molecule has 0 aliphatic heterocycles. The lowest BCUT2D eigenvalue weighted by Gasteiger charge is -2.04. The molecule has 0 spiro atoms. The Hall–Kier alpha value is -1.88. The van der Waals surface area contributed by atoms with Crippen molar-refractivity contribution in [1.82, 2.24) is 4.57 Å². The van der Waals surface area contributed by atoms with Crippen LogP contribution in [0.5, 0.6) is 5.75 Å². The zero-order valence-electron chi connectivity index (χ0n) is 10.5. The standard InChI is InChI=1S/C13H14N2O2S/c1-9-8-15(13(18-9)14-10(2)16)11-4-6-12(17-3)7-5-11/h4-8H,1-3H3/b14-13-. The van der Waals surface area contributed by atoms with E-state index in [9.17, 15) is 4.79 Å². The molecule has 0 fully saturated rings. The molecule has 1 amide bonds. The van der Waals surface area contributed by atoms with Gasteiger partial charge in [0.2, 0.25) is 5.91 Å². The Morgan fingerprint density at radius 2 is 2.00 bits per heavy atom. The van der Waals surface area contributed by atoms with E-state index in [0.29, 0.717) is 4.80 Å². The molecular weight excluding hydrogens is 248 g/mol. The summed E-state index contributed by atoms with van der Waals surface area (Å²) in [6.07, 6.45) is 1.97. The predicted molar refractivity (Wildman–Crippen MR) is 71.2 cm³/mol. The highest BCUT2D eigenvalue weighted by Gasteiger charge is 2.03. The molecule has 1 aromatic carbocycles. The molecule has 0 radical (unpaired) electrons. The number of aryl methyl sites for hydroxylation is 1. The topological polar surface area (TPSA) is 43.6 Å². The summed E-state index contributed by atoms with van der Waals surface area (Å²) in [5.41, 5.74) is 0.958. The van der Waals surface area contributed by atoms with Crippen molar-refractivity contribution in [1.29, 1.82) is 0 Å². The van der Waals surface area contributed by atoms with Crippen molar-refractivity contribution in [2.24, 2.45) is 4.99 Å². The number of nitrogens with zero attached hydrogens (tertiary/aromatic N) is 2. The van der Waals surface area contributed by atoms with Gasteiger partial charge in [0.1, 0.15) is 5.75 Å². The van der Waals surface area contributed by atoms with Crippen molar-refractivity contribution in [3.63, 3.8) is 0 Å². The zero-order valence-corrected chi connectivity index (χ0v) is 11.3. The average Bonchev–Trinajstić information content (AvgIpc) is 2.69. The van der Waals surface area contributed by atoms with Gasteiger partial charge in [-0.15, -0.1) is 11.3 Å². The van der Waals surface area contributed by atoms with Gasteiger partial charge >= 0.3 is 0 Å². The summed E-state index contributed by atoms with van der Waals surface area (Å²) in [6.45, 7) is 3.44. The number of thiazole rings is 1. The van der Waals surface area contributed by atoms with Gasteiger partial charge in [-0.05, 0) is 31.2 Å². The Bertz CT molecular complexity index is 623. The number of carbonyl (C=O) groups excluding carboxylic acids is 1. The van der Waals surface area contributed by atoms with Gasteiger partial charge in [-0.2, -0.15) is 4.99 Å². The van der Waals surface area contributed by atoms with Gasteiger partial charge < -0.3 is 4.74 Å². The molecular formula is C13H14N2O2S. The van der Waals surface area contributed by atoms with E-state index in [1.54, 1.807) is 7.11 Å². The van der Waals surface area contributed by atoms with E-state index in [2.05, 4.69) is 4.99 Å². The average molecular weight is 262 g/mol. The molecule has 0 bridgehead atoms. The molecule has 1 aromatic heterocycles. The third-order valence-electron chi connectivity index (χ3n) is 2.37. The molecule has 0 saturated carbocycles. The maximum Gasteiger partial charge on any atom is 0.245 e. The Labute approximate surface area is 109 Å². The lowest BCUT2D eigenvalue weighted by Crippen LogP contribution is -2.13. The van der Waals surface area contributed by atoms with E-state index >= 15 is 0 Å². The summed E-state index contributed by atoms with van der Waals surface area (Å²) in [5.74, 6) is 0.607. The fraction of sp³-hybridized carbons (Fsp3) is 0.231. The normalized spacial score (nSPS) is 11.6.